The zero-order valence-electron chi connectivity index (χ0n) is 19.3. The Bertz CT molecular complexity index is 1020. The molecule has 0 aliphatic carbocycles. The van der Waals surface area contributed by atoms with Crippen molar-refractivity contribution < 1.29 is 14.9 Å². The van der Waals surface area contributed by atoms with E-state index in [9.17, 15) is 10.2 Å². The summed E-state index contributed by atoms with van der Waals surface area (Å²) in [5.74, 6) is 1.36. The molecule has 0 saturated carbocycles. The lowest BCUT2D eigenvalue weighted by molar-refractivity contribution is 0.183. The number of likely N-dealkylation sites (tertiary alicyclic amines) is 1. The summed E-state index contributed by atoms with van der Waals surface area (Å²) in [4.78, 5) is 2.48. The van der Waals surface area contributed by atoms with Gasteiger partial charge in [-0.15, -0.1) is 0 Å². The number of hydrogen-bond donors (Lipinski definition) is 2. The van der Waals surface area contributed by atoms with Gasteiger partial charge < -0.3 is 14.9 Å². The lowest BCUT2D eigenvalue weighted by Crippen LogP contribution is -2.33. The van der Waals surface area contributed by atoms with Crippen molar-refractivity contribution in [2.75, 3.05) is 26.2 Å². The highest BCUT2D eigenvalue weighted by Gasteiger charge is 2.14. The third-order valence-corrected chi connectivity index (χ3v) is 6.27. The van der Waals surface area contributed by atoms with E-state index in [0.717, 1.165) is 41.0 Å². The quantitative estimate of drug-likeness (QED) is 0.399. The fourth-order valence-electron chi connectivity index (χ4n) is 4.55. The lowest BCUT2D eigenvalue weighted by Gasteiger charge is -2.26. The van der Waals surface area contributed by atoms with Crippen molar-refractivity contribution in [3.05, 3.63) is 89.5 Å². The van der Waals surface area contributed by atoms with Crippen molar-refractivity contribution >= 4 is 11.1 Å². The van der Waals surface area contributed by atoms with Crippen LogP contribution in [0.3, 0.4) is 0 Å². The summed E-state index contributed by atoms with van der Waals surface area (Å²) in [7, 11) is 0. The number of benzene rings is 3. The van der Waals surface area contributed by atoms with Gasteiger partial charge in [-0.2, -0.15) is 0 Å². The van der Waals surface area contributed by atoms with E-state index in [-0.39, 0.29) is 11.5 Å². The maximum atomic E-state index is 9.80. The first-order valence-corrected chi connectivity index (χ1v) is 11.9. The van der Waals surface area contributed by atoms with E-state index in [1.807, 2.05) is 36.4 Å². The molecule has 4 heteroatoms. The fraction of sp³-hybridized carbons (Fsp3) is 0.310. The highest BCUT2D eigenvalue weighted by atomic mass is 16.5. The minimum atomic E-state index is 0.242. The van der Waals surface area contributed by atoms with Gasteiger partial charge in [0.1, 0.15) is 23.9 Å². The Morgan fingerprint density at radius 3 is 1.97 bits per heavy atom. The second-order valence-electron chi connectivity index (χ2n) is 8.58. The molecule has 0 bridgehead atoms. The molecule has 1 aliphatic heterocycles. The van der Waals surface area contributed by atoms with Crippen LogP contribution in [0, 0.1) is 0 Å². The maximum Gasteiger partial charge on any atom is 0.119 e. The van der Waals surface area contributed by atoms with E-state index in [0.29, 0.717) is 6.61 Å². The maximum absolute atomic E-state index is 9.80. The van der Waals surface area contributed by atoms with Gasteiger partial charge in [-0.3, -0.25) is 4.90 Å². The Labute approximate surface area is 196 Å². The second-order valence-corrected chi connectivity index (χ2v) is 8.58. The van der Waals surface area contributed by atoms with Gasteiger partial charge in [-0.05, 0) is 96.6 Å². The summed E-state index contributed by atoms with van der Waals surface area (Å²) in [6, 6.07) is 22.9. The highest BCUT2D eigenvalue weighted by molar-refractivity contribution is 5.98. The topological polar surface area (TPSA) is 52.9 Å². The molecule has 0 atom stereocenters. The van der Waals surface area contributed by atoms with E-state index in [4.69, 9.17) is 4.74 Å². The molecule has 0 radical (unpaired) electrons. The number of ether oxygens (including phenoxy) is 1. The molecule has 3 aromatic carbocycles. The summed E-state index contributed by atoms with van der Waals surface area (Å²) in [6.45, 7) is 6.16. The molecule has 1 saturated heterocycles. The van der Waals surface area contributed by atoms with Crippen molar-refractivity contribution in [2.24, 2.45) is 0 Å². The van der Waals surface area contributed by atoms with Crippen molar-refractivity contribution in [1.29, 1.82) is 0 Å². The molecule has 4 nitrogen and oxygen atoms in total. The smallest absolute Gasteiger partial charge is 0.119 e. The molecular formula is C29H33NO3. The van der Waals surface area contributed by atoms with E-state index in [2.05, 4.69) is 24.0 Å². The van der Waals surface area contributed by atoms with Gasteiger partial charge in [-0.1, -0.05) is 49.7 Å². The average molecular weight is 444 g/mol. The van der Waals surface area contributed by atoms with Gasteiger partial charge in [0.05, 0.1) is 0 Å². The Morgan fingerprint density at radius 1 is 0.788 bits per heavy atom. The van der Waals surface area contributed by atoms with Crippen LogP contribution in [0.15, 0.2) is 72.8 Å². The Kier molecular flexibility index (Phi) is 7.69. The van der Waals surface area contributed by atoms with Crippen LogP contribution in [0.1, 0.15) is 49.3 Å². The molecule has 0 amide bonds. The van der Waals surface area contributed by atoms with Gasteiger partial charge in [0.25, 0.3) is 0 Å². The largest absolute Gasteiger partial charge is 0.508 e. The average Bonchev–Trinajstić information content (AvgIpc) is 2.85. The predicted molar refractivity (Wildman–Crippen MR) is 135 cm³/mol. The van der Waals surface area contributed by atoms with Gasteiger partial charge in [0.2, 0.25) is 0 Å². The summed E-state index contributed by atoms with van der Waals surface area (Å²) in [5.41, 5.74) is 5.43. The van der Waals surface area contributed by atoms with Crippen LogP contribution in [0.25, 0.3) is 11.1 Å². The number of piperidine rings is 1. The van der Waals surface area contributed by atoms with E-state index in [1.165, 1.54) is 37.9 Å². The molecule has 0 unspecified atom stereocenters. The zero-order valence-corrected chi connectivity index (χ0v) is 19.3. The minimum Gasteiger partial charge on any atom is -0.508 e. The number of allylic oxidation sites excluding steroid dienone is 1. The van der Waals surface area contributed by atoms with Gasteiger partial charge >= 0.3 is 0 Å². The number of rotatable bonds is 8. The molecule has 1 fully saturated rings. The van der Waals surface area contributed by atoms with Crippen molar-refractivity contribution in [3.8, 4) is 17.2 Å². The SMILES string of the molecule is CCC(=C(c1ccc(O)cc1)c1ccc(O)cc1)c1cccc(OCCN2CCCCC2)c1. The molecule has 4 rings (SSSR count). The lowest BCUT2D eigenvalue weighted by atomic mass is 9.88. The van der Waals surface area contributed by atoms with Crippen LogP contribution in [-0.2, 0) is 0 Å². The van der Waals surface area contributed by atoms with E-state index in [1.54, 1.807) is 24.3 Å². The molecule has 33 heavy (non-hydrogen) atoms. The molecule has 0 spiro atoms. The van der Waals surface area contributed by atoms with Gasteiger partial charge in [0.15, 0.2) is 0 Å². The number of phenols is 2. The number of phenolic OH excluding ortho intramolecular Hbond substituents is 2. The summed E-state index contributed by atoms with van der Waals surface area (Å²) in [5, 5.41) is 19.6. The Morgan fingerprint density at radius 2 is 1.39 bits per heavy atom. The Hall–Kier alpha value is -3.24. The first-order valence-electron chi connectivity index (χ1n) is 11.9. The fourth-order valence-corrected chi connectivity index (χ4v) is 4.55. The van der Waals surface area contributed by atoms with E-state index < -0.39 is 0 Å². The molecule has 3 aromatic rings. The summed E-state index contributed by atoms with van der Waals surface area (Å²) in [6.07, 6.45) is 4.75. The Balaban J connectivity index is 1.65. The zero-order chi connectivity index (χ0) is 23.0. The molecule has 0 aromatic heterocycles. The van der Waals surface area contributed by atoms with Crippen molar-refractivity contribution in [3.63, 3.8) is 0 Å². The van der Waals surface area contributed by atoms with Crippen LogP contribution in [0.4, 0.5) is 0 Å². The van der Waals surface area contributed by atoms with Crippen LogP contribution >= 0.6 is 0 Å². The molecular weight excluding hydrogens is 410 g/mol. The number of hydrogen-bond acceptors (Lipinski definition) is 4. The highest BCUT2D eigenvalue weighted by Crippen LogP contribution is 2.36. The number of nitrogens with zero attached hydrogens (tertiary/aromatic N) is 1. The normalized spacial score (nSPS) is 14.1. The summed E-state index contributed by atoms with van der Waals surface area (Å²) >= 11 is 0. The first kappa shape index (κ1) is 22.9. The van der Waals surface area contributed by atoms with Gasteiger partial charge in [0, 0.05) is 6.54 Å². The monoisotopic (exact) mass is 443 g/mol. The molecule has 172 valence electrons. The third kappa shape index (κ3) is 5.96. The third-order valence-electron chi connectivity index (χ3n) is 6.27. The number of aromatic hydroxyl groups is 2. The van der Waals surface area contributed by atoms with Gasteiger partial charge in [-0.25, -0.2) is 0 Å². The van der Waals surface area contributed by atoms with Crippen LogP contribution < -0.4 is 4.74 Å². The van der Waals surface area contributed by atoms with Crippen LogP contribution in [0.5, 0.6) is 17.2 Å². The van der Waals surface area contributed by atoms with Crippen molar-refractivity contribution in [1.82, 2.24) is 4.90 Å². The standard InChI is InChI=1S/C29H33NO3/c1-2-28(24-7-6-8-27(21-24)33-20-19-30-17-4-3-5-18-30)29(22-9-13-25(31)14-10-22)23-11-15-26(32)16-12-23/h6-16,21,31-32H,2-5,17-20H2,1H3. The molecule has 2 N–H and O–H groups in total. The van der Waals surface area contributed by atoms with Crippen LogP contribution in [-0.4, -0.2) is 41.4 Å². The predicted octanol–water partition coefficient (Wildman–Crippen LogP) is 6.33. The minimum absolute atomic E-state index is 0.242. The summed E-state index contributed by atoms with van der Waals surface area (Å²) < 4.78 is 6.14. The molecule has 1 aliphatic rings. The van der Waals surface area contributed by atoms with Crippen molar-refractivity contribution in [2.45, 2.75) is 32.6 Å². The molecule has 1 heterocycles. The first-order chi connectivity index (χ1) is 16.1. The van der Waals surface area contributed by atoms with Crippen LogP contribution in [0.2, 0.25) is 0 Å². The van der Waals surface area contributed by atoms with E-state index >= 15 is 0 Å². The second kappa shape index (κ2) is 11.1.